The van der Waals surface area contributed by atoms with E-state index in [9.17, 15) is 9.59 Å². The molecule has 2 amide bonds. The Kier molecular flexibility index (Phi) is 5.98. The molecule has 0 fully saturated rings. The van der Waals surface area contributed by atoms with Crippen LogP contribution in [0.15, 0.2) is 40.9 Å². The topological polar surface area (TPSA) is 67.4 Å². The third-order valence-corrected chi connectivity index (χ3v) is 4.12. The third kappa shape index (κ3) is 4.35. The molecule has 0 unspecified atom stereocenters. The van der Waals surface area contributed by atoms with Crippen LogP contribution in [-0.4, -0.2) is 18.9 Å². The molecule has 0 heterocycles. The molecular formula is C18H19BrN2O3. The van der Waals surface area contributed by atoms with E-state index in [2.05, 4.69) is 26.6 Å². The van der Waals surface area contributed by atoms with Crippen molar-refractivity contribution in [2.24, 2.45) is 0 Å². The smallest absolute Gasteiger partial charge is 0.255 e. The van der Waals surface area contributed by atoms with Gasteiger partial charge >= 0.3 is 0 Å². The number of hydrogen-bond acceptors (Lipinski definition) is 3. The molecule has 0 atom stereocenters. The summed E-state index contributed by atoms with van der Waals surface area (Å²) >= 11 is 3.36. The van der Waals surface area contributed by atoms with Gasteiger partial charge in [-0.05, 0) is 58.7 Å². The van der Waals surface area contributed by atoms with Crippen LogP contribution in [0.2, 0.25) is 0 Å². The van der Waals surface area contributed by atoms with Crippen molar-refractivity contribution in [1.82, 2.24) is 0 Å². The quantitative estimate of drug-likeness (QED) is 0.796. The molecule has 0 aliphatic carbocycles. The maximum Gasteiger partial charge on any atom is 0.255 e. The fourth-order valence-electron chi connectivity index (χ4n) is 2.08. The molecule has 0 saturated carbocycles. The summed E-state index contributed by atoms with van der Waals surface area (Å²) in [6.07, 6.45) is 0.399. The average Bonchev–Trinajstić information content (AvgIpc) is 2.57. The van der Waals surface area contributed by atoms with Gasteiger partial charge in [-0.25, -0.2) is 0 Å². The molecule has 2 aromatic carbocycles. The van der Waals surface area contributed by atoms with Crippen molar-refractivity contribution in [1.29, 1.82) is 0 Å². The van der Waals surface area contributed by atoms with E-state index in [0.717, 1.165) is 5.56 Å². The first-order valence-corrected chi connectivity index (χ1v) is 8.29. The van der Waals surface area contributed by atoms with Crippen LogP contribution in [0.5, 0.6) is 5.75 Å². The second-order valence-corrected chi connectivity index (χ2v) is 6.09. The highest BCUT2D eigenvalue weighted by Gasteiger charge is 2.11. The van der Waals surface area contributed by atoms with Crippen molar-refractivity contribution in [3.63, 3.8) is 0 Å². The Balaban J connectivity index is 2.18. The number of anilines is 2. The van der Waals surface area contributed by atoms with Crippen LogP contribution < -0.4 is 15.4 Å². The highest BCUT2D eigenvalue weighted by Crippen LogP contribution is 2.26. The first-order valence-electron chi connectivity index (χ1n) is 7.50. The van der Waals surface area contributed by atoms with E-state index in [1.807, 2.05) is 13.0 Å². The van der Waals surface area contributed by atoms with E-state index in [-0.39, 0.29) is 11.8 Å². The highest BCUT2D eigenvalue weighted by molar-refractivity contribution is 9.10. The highest BCUT2D eigenvalue weighted by atomic mass is 79.9. The molecule has 0 aliphatic heterocycles. The summed E-state index contributed by atoms with van der Waals surface area (Å²) in [4.78, 5) is 24.0. The molecule has 2 rings (SSSR count). The lowest BCUT2D eigenvalue weighted by Gasteiger charge is -2.12. The fraction of sp³-hybridized carbons (Fsp3) is 0.222. The Labute approximate surface area is 149 Å². The summed E-state index contributed by atoms with van der Waals surface area (Å²) in [5.74, 6) is 0.349. The molecule has 6 heteroatoms. The Morgan fingerprint density at radius 2 is 1.88 bits per heavy atom. The van der Waals surface area contributed by atoms with Gasteiger partial charge in [-0.2, -0.15) is 0 Å². The zero-order valence-electron chi connectivity index (χ0n) is 13.8. The Morgan fingerprint density at radius 1 is 1.12 bits per heavy atom. The van der Waals surface area contributed by atoms with E-state index in [1.54, 1.807) is 44.4 Å². The maximum atomic E-state index is 12.4. The first kappa shape index (κ1) is 18.0. The average molecular weight is 391 g/mol. The van der Waals surface area contributed by atoms with Gasteiger partial charge in [0.2, 0.25) is 5.91 Å². The number of carbonyl (C=O) groups excluding carboxylic acids is 2. The normalized spacial score (nSPS) is 10.2. The number of rotatable bonds is 5. The van der Waals surface area contributed by atoms with Gasteiger partial charge < -0.3 is 15.4 Å². The molecule has 5 nitrogen and oxygen atoms in total. The van der Waals surface area contributed by atoms with E-state index in [4.69, 9.17) is 4.74 Å². The summed E-state index contributed by atoms with van der Waals surface area (Å²) in [6, 6.07) is 10.5. The minimum atomic E-state index is -0.241. The van der Waals surface area contributed by atoms with E-state index < -0.39 is 0 Å². The van der Waals surface area contributed by atoms with Crippen LogP contribution in [0.4, 0.5) is 11.4 Å². The SMILES string of the molecule is CCC(=O)Nc1cc(NC(=O)c2ccc(OC)c(Br)c2)ccc1C. The minimum Gasteiger partial charge on any atom is -0.496 e. The lowest BCUT2D eigenvalue weighted by molar-refractivity contribution is -0.115. The van der Waals surface area contributed by atoms with Gasteiger partial charge in [0.1, 0.15) is 5.75 Å². The fourth-order valence-corrected chi connectivity index (χ4v) is 2.62. The number of methoxy groups -OCH3 is 1. The van der Waals surface area contributed by atoms with Crippen LogP contribution in [0.3, 0.4) is 0 Å². The summed E-state index contributed by atoms with van der Waals surface area (Å²) < 4.78 is 5.86. The van der Waals surface area contributed by atoms with E-state index in [1.165, 1.54) is 0 Å². The molecule has 24 heavy (non-hydrogen) atoms. The molecule has 0 bridgehead atoms. The predicted octanol–water partition coefficient (Wildman–Crippen LogP) is 4.37. The zero-order chi connectivity index (χ0) is 17.7. The molecule has 2 N–H and O–H groups in total. The maximum absolute atomic E-state index is 12.4. The van der Waals surface area contributed by atoms with Crippen molar-refractivity contribution < 1.29 is 14.3 Å². The van der Waals surface area contributed by atoms with Gasteiger partial charge in [0.05, 0.1) is 11.6 Å². The molecule has 0 spiro atoms. The molecular weight excluding hydrogens is 372 g/mol. The molecule has 2 aromatic rings. The lowest BCUT2D eigenvalue weighted by Crippen LogP contribution is -2.14. The van der Waals surface area contributed by atoms with E-state index in [0.29, 0.717) is 33.6 Å². The van der Waals surface area contributed by atoms with Crippen LogP contribution in [0, 0.1) is 6.92 Å². The van der Waals surface area contributed by atoms with Crippen molar-refractivity contribution in [2.45, 2.75) is 20.3 Å². The van der Waals surface area contributed by atoms with Gasteiger partial charge in [-0.3, -0.25) is 9.59 Å². The molecule has 0 aliphatic rings. The van der Waals surface area contributed by atoms with Crippen molar-refractivity contribution in [3.8, 4) is 5.75 Å². The minimum absolute atomic E-state index is 0.0688. The number of aryl methyl sites for hydroxylation is 1. The summed E-state index contributed by atoms with van der Waals surface area (Å²) in [6.45, 7) is 3.69. The van der Waals surface area contributed by atoms with E-state index >= 15 is 0 Å². The van der Waals surface area contributed by atoms with Crippen LogP contribution in [0.25, 0.3) is 0 Å². The van der Waals surface area contributed by atoms with Gasteiger partial charge in [0, 0.05) is 23.4 Å². The van der Waals surface area contributed by atoms with Crippen molar-refractivity contribution >= 4 is 39.1 Å². The number of halogens is 1. The summed E-state index contributed by atoms with van der Waals surface area (Å²) in [5.41, 5.74) is 2.74. The first-order chi connectivity index (χ1) is 11.4. The van der Waals surface area contributed by atoms with Crippen LogP contribution in [-0.2, 0) is 4.79 Å². The number of carbonyl (C=O) groups is 2. The molecule has 0 saturated heterocycles. The third-order valence-electron chi connectivity index (χ3n) is 3.50. The lowest BCUT2D eigenvalue weighted by atomic mass is 10.1. The largest absolute Gasteiger partial charge is 0.496 e. The standard InChI is InChI=1S/C18H19BrN2O3/c1-4-17(22)21-15-10-13(7-5-11(15)2)20-18(23)12-6-8-16(24-3)14(19)9-12/h5-10H,4H2,1-3H3,(H,20,23)(H,21,22). The number of ether oxygens (including phenoxy) is 1. The number of benzene rings is 2. The summed E-state index contributed by atoms with van der Waals surface area (Å²) in [7, 11) is 1.57. The van der Waals surface area contributed by atoms with Crippen molar-refractivity contribution in [2.75, 3.05) is 17.7 Å². The summed E-state index contributed by atoms with van der Waals surface area (Å²) in [5, 5.41) is 5.65. The molecule has 0 aromatic heterocycles. The second kappa shape index (κ2) is 7.97. The van der Waals surface area contributed by atoms with Crippen molar-refractivity contribution in [3.05, 3.63) is 52.0 Å². The number of amides is 2. The molecule has 126 valence electrons. The number of nitrogens with one attached hydrogen (secondary N) is 2. The van der Waals surface area contributed by atoms with Gasteiger partial charge in [-0.15, -0.1) is 0 Å². The second-order valence-electron chi connectivity index (χ2n) is 5.23. The monoisotopic (exact) mass is 390 g/mol. The predicted molar refractivity (Wildman–Crippen MR) is 98.7 cm³/mol. The zero-order valence-corrected chi connectivity index (χ0v) is 15.4. The Hall–Kier alpha value is -2.34. The number of hydrogen-bond donors (Lipinski definition) is 2. The molecule has 0 radical (unpaired) electrons. The Morgan fingerprint density at radius 3 is 2.50 bits per heavy atom. The van der Waals surface area contributed by atoms with Gasteiger partial charge in [-0.1, -0.05) is 13.0 Å². The van der Waals surface area contributed by atoms with Crippen LogP contribution in [0.1, 0.15) is 29.3 Å². The Bertz CT molecular complexity index is 775. The van der Waals surface area contributed by atoms with Crippen LogP contribution >= 0.6 is 15.9 Å². The van der Waals surface area contributed by atoms with Gasteiger partial charge in [0.15, 0.2) is 0 Å². The van der Waals surface area contributed by atoms with Gasteiger partial charge in [0.25, 0.3) is 5.91 Å².